The molecule has 4 heteroatoms. The Kier molecular flexibility index (Phi) is 3.54. The summed E-state index contributed by atoms with van der Waals surface area (Å²) in [7, 11) is 0. The van der Waals surface area contributed by atoms with E-state index in [4.69, 9.17) is 0 Å². The molecule has 1 aromatic carbocycles. The van der Waals surface area contributed by atoms with Crippen LogP contribution in [0, 0.1) is 0 Å². The van der Waals surface area contributed by atoms with Gasteiger partial charge in [-0.1, -0.05) is 28.1 Å². The number of carbonyl (C=O) groups is 1. The lowest BCUT2D eigenvalue weighted by Gasteiger charge is -2.41. The van der Waals surface area contributed by atoms with E-state index in [-0.39, 0.29) is 5.91 Å². The molecular weight excluding hydrogens is 280 g/mol. The second kappa shape index (κ2) is 4.78. The molecule has 3 nitrogen and oxygen atoms in total. The number of halogens is 1. The van der Waals surface area contributed by atoms with Gasteiger partial charge in [0.05, 0.1) is 5.54 Å². The van der Waals surface area contributed by atoms with Gasteiger partial charge < -0.3 is 5.32 Å². The minimum absolute atomic E-state index is 0.110. The summed E-state index contributed by atoms with van der Waals surface area (Å²) in [5.74, 6) is 0.110. The lowest BCUT2D eigenvalue weighted by molar-refractivity contribution is -0.135. The van der Waals surface area contributed by atoms with Crippen LogP contribution in [0.2, 0.25) is 0 Å². The van der Waals surface area contributed by atoms with E-state index in [0.717, 1.165) is 24.1 Å². The molecule has 1 aliphatic heterocycles. The van der Waals surface area contributed by atoms with E-state index in [1.807, 2.05) is 26.0 Å². The Labute approximate surface area is 110 Å². The maximum atomic E-state index is 11.8. The fourth-order valence-corrected chi connectivity index (χ4v) is 2.52. The quantitative estimate of drug-likeness (QED) is 0.907. The smallest absolute Gasteiger partial charge is 0.240 e. The summed E-state index contributed by atoms with van der Waals surface area (Å²) in [6, 6.07) is 8.23. The topological polar surface area (TPSA) is 32.3 Å². The SMILES string of the molecule is CC1(C)C(=O)NCCN1Cc1cccc(Br)c1. The number of nitrogens with one attached hydrogen (secondary N) is 1. The van der Waals surface area contributed by atoms with Gasteiger partial charge in [-0.05, 0) is 31.5 Å². The first kappa shape index (κ1) is 12.6. The average molecular weight is 297 g/mol. The molecule has 17 heavy (non-hydrogen) atoms. The van der Waals surface area contributed by atoms with Crippen molar-refractivity contribution in [2.45, 2.75) is 25.9 Å². The second-order valence-electron chi connectivity index (χ2n) is 4.87. The van der Waals surface area contributed by atoms with Crippen molar-refractivity contribution in [3.05, 3.63) is 34.3 Å². The number of piperazine rings is 1. The summed E-state index contributed by atoms with van der Waals surface area (Å²) in [4.78, 5) is 14.0. The number of hydrogen-bond donors (Lipinski definition) is 1. The highest BCUT2D eigenvalue weighted by Crippen LogP contribution is 2.21. The van der Waals surface area contributed by atoms with Gasteiger partial charge in [-0.25, -0.2) is 0 Å². The molecule has 0 atom stereocenters. The third-order valence-electron chi connectivity index (χ3n) is 3.28. The molecule has 0 spiro atoms. The van der Waals surface area contributed by atoms with Gasteiger partial charge in [-0.2, -0.15) is 0 Å². The molecule has 92 valence electrons. The first-order valence-electron chi connectivity index (χ1n) is 5.78. The average Bonchev–Trinajstić information content (AvgIpc) is 2.25. The highest BCUT2D eigenvalue weighted by Gasteiger charge is 2.37. The van der Waals surface area contributed by atoms with E-state index in [2.05, 4.69) is 38.3 Å². The lowest BCUT2D eigenvalue weighted by atomic mass is 9.98. The zero-order valence-corrected chi connectivity index (χ0v) is 11.8. The van der Waals surface area contributed by atoms with Crippen LogP contribution in [0.1, 0.15) is 19.4 Å². The van der Waals surface area contributed by atoms with Crippen LogP contribution in [0.4, 0.5) is 0 Å². The monoisotopic (exact) mass is 296 g/mol. The predicted octanol–water partition coefficient (Wildman–Crippen LogP) is 2.16. The van der Waals surface area contributed by atoms with Crippen molar-refractivity contribution in [1.82, 2.24) is 10.2 Å². The van der Waals surface area contributed by atoms with Crippen molar-refractivity contribution in [3.63, 3.8) is 0 Å². The number of hydrogen-bond acceptors (Lipinski definition) is 2. The fraction of sp³-hybridized carbons (Fsp3) is 0.462. The third kappa shape index (κ3) is 2.69. The van der Waals surface area contributed by atoms with Crippen molar-refractivity contribution in [2.24, 2.45) is 0 Å². The van der Waals surface area contributed by atoms with Crippen LogP contribution in [-0.2, 0) is 11.3 Å². The summed E-state index contributed by atoms with van der Waals surface area (Å²) in [5.41, 5.74) is 0.794. The molecule has 0 bridgehead atoms. The Morgan fingerprint density at radius 2 is 2.24 bits per heavy atom. The van der Waals surface area contributed by atoms with Crippen molar-refractivity contribution in [3.8, 4) is 0 Å². The predicted molar refractivity (Wildman–Crippen MR) is 71.6 cm³/mol. The second-order valence-corrected chi connectivity index (χ2v) is 5.78. The molecule has 0 radical (unpaired) electrons. The summed E-state index contributed by atoms with van der Waals surface area (Å²) in [5, 5.41) is 2.91. The van der Waals surface area contributed by atoms with Gasteiger partial charge >= 0.3 is 0 Å². The molecule has 2 rings (SSSR count). The molecule has 1 amide bonds. The van der Waals surface area contributed by atoms with Crippen molar-refractivity contribution < 1.29 is 4.79 Å². The van der Waals surface area contributed by atoms with E-state index in [9.17, 15) is 4.79 Å². The molecule has 0 aliphatic carbocycles. The van der Waals surface area contributed by atoms with Crippen LogP contribution in [0.5, 0.6) is 0 Å². The molecule has 1 aliphatic rings. The molecule has 0 saturated carbocycles. The highest BCUT2D eigenvalue weighted by molar-refractivity contribution is 9.10. The van der Waals surface area contributed by atoms with Crippen molar-refractivity contribution in [1.29, 1.82) is 0 Å². The molecule has 1 N–H and O–H groups in total. The summed E-state index contributed by atoms with van der Waals surface area (Å²) in [6.45, 7) is 6.38. The maximum Gasteiger partial charge on any atom is 0.240 e. The largest absolute Gasteiger partial charge is 0.353 e. The van der Waals surface area contributed by atoms with Gasteiger partial charge in [0.2, 0.25) is 5.91 Å². The van der Waals surface area contributed by atoms with Gasteiger partial charge in [-0.3, -0.25) is 9.69 Å². The number of amides is 1. The summed E-state index contributed by atoms with van der Waals surface area (Å²) >= 11 is 3.47. The maximum absolute atomic E-state index is 11.8. The molecule has 0 unspecified atom stereocenters. The fourth-order valence-electron chi connectivity index (χ4n) is 2.08. The van der Waals surface area contributed by atoms with E-state index in [0.29, 0.717) is 0 Å². The van der Waals surface area contributed by atoms with Gasteiger partial charge in [0, 0.05) is 24.1 Å². The minimum Gasteiger partial charge on any atom is -0.353 e. The van der Waals surface area contributed by atoms with Crippen molar-refractivity contribution in [2.75, 3.05) is 13.1 Å². The third-order valence-corrected chi connectivity index (χ3v) is 3.77. The number of nitrogens with zero attached hydrogens (tertiary/aromatic N) is 1. The van der Waals surface area contributed by atoms with Crippen LogP contribution in [0.25, 0.3) is 0 Å². The normalized spacial score (nSPS) is 20.1. The Hall–Kier alpha value is -0.870. The Bertz CT molecular complexity index is 431. The first-order chi connectivity index (χ1) is 8.00. The molecule has 1 fully saturated rings. The molecule has 1 heterocycles. The van der Waals surface area contributed by atoms with Gasteiger partial charge in [-0.15, -0.1) is 0 Å². The van der Waals surface area contributed by atoms with Crippen LogP contribution in [-0.4, -0.2) is 29.4 Å². The van der Waals surface area contributed by atoms with E-state index in [1.54, 1.807) is 0 Å². The zero-order chi connectivity index (χ0) is 12.5. The van der Waals surface area contributed by atoms with Gasteiger partial charge in [0.1, 0.15) is 0 Å². The van der Waals surface area contributed by atoms with Gasteiger partial charge in [0.15, 0.2) is 0 Å². The van der Waals surface area contributed by atoms with Crippen LogP contribution >= 0.6 is 15.9 Å². The van der Waals surface area contributed by atoms with Crippen molar-refractivity contribution >= 4 is 21.8 Å². The number of carbonyl (C=O) groups excluding carboxylic acids is 1. The summed E-state index contributed by atoms with van der Waals surface area (Å²) < 4.78 is 1.08. The van der Waals surface area contributed by atoms with Crippen LogP contribution in [0.15, 0.2) is 28.7 Å². The van der Waals surface area contributed by atoms with Crippen LogP contribution in [0.3, 0.4) is 0 Å². The van der Waals surface area contributed by atoms with E-state index >= 15 is 0 Å². The summed E-state index contributed by atoms with van der Waals surface area (Å²) in [6.07, 6.45) is 0. The molecule has 1 saturated heterocycles. The highest BCUT2D eigenvalue weighted by atomic mass is 79.9. The Balaban J connectivity index is 2.15. The number of benzene rings is 1. The van der Waals surface area contributed by atoms with Crippen LogP contribution < -0.4 is 5.32 Å². The Morgan fingerprint density at radius 1 is 1.47 bits per heavy atom. The molecule has 0 aromatic heterocycles. The first-order valence-corrected chi connectivity index (χ1v) is 6.57. The number of rotatable bonds is 2. The Morgan fingerprint density at radius 3 is 2.94 bits per heavy atom. The van der Waals surface area contributed by atoms with E-state index in [1.165, 1.54) is 5.56 Å². The van der Waals surface area contributed by atoms with E-state index < -0.39 is 5.54 Å². The molecule has 1 aromatic rings. The zero-order valence-electron chi connectivity index (χ0n) is 10.2. The lowest BCUT2D eigenvalue weighted by Crippen LogP contribution is -2.61. The standard InChI is InChI=1S/C13H17BrN2O/c1-13(2)12(17)15-6-7-16(13)9-10-4-3-5-11(14)8-10/h3-5,8H,6-7,9H2,1-2H3,(H,15,17). The molecular formula is C13H17BrN2O. The minimum atomic E-state index is -0.430. The van der Waals surface area contributed by atoms with Gasteiger partial charge in [0.25, 0.3) is 0 Å².